The summed E-state index contributed by atoms with van der Waals surface area (Å²) in [4.78, 5) is 10.8. The topological polar surface area (TPSA) is 109 Å². The summed E-state index contributed by atoms with van der Waals surface area (Å²) in [6, 6.07) is 5.67. The van der Waals surface area contributed by atoms with Crippen LogP contribution in [-0.2, 0) is 21.2 Å². The molecule has 4 N–H and O–H groups in total. The van der Waals surface area contributed by atoms with Gasteiger partial charge in [-0.1, -0.05) is 47.6 Å². The Morgan fingerprint density at radius 1 is 1.26 bits per heavy atom. The lowest BCUT2D eigenvalue weighted by Gasteiger charge is -2.11. The number of carbonyl (C=O) groups is 1. The Kier molecular flexibility index (Phi) is 8.85. The molecule has 0 aliphatic heterocycles. The van der Waals surface area contributed by atoms with Crippen LogP contribution in [0, 0.1) is 0 Å². The number of benzene rings is 1. The van der Waals surface area contributed by atoms with E-state index < -0.39 is 22.0 Å². The van der Waals surface area contributed by atoms with Crippen molar-refractivity contribution >= 4 is 44.3 Å². The number of nitrogens with one attached hydrogen (secondary N) is 1. The van der Waals surface area contributed by atoms with E-state index in [0.29, 0.717) is 17.7 Å². The highest BCUT2D eigenvalue weighted by Crippen LogP contribution is 2.15. The van der Waals surface area contributed by atoms with Crippen LogP contribution in [0.5, 0.6) is 0 Å². The van der Waals surface area contributed by atoms with Gasteiger partial charge >= 0.3 is 5.97 Å². The van der Waals surface area contributed by atoms with Crippen molar-refractivity contribution in [3.63, 3.8) is 0 Å². The standard InChI is InChI=1S/C15H23IN2O4S/c16-8-3-1-2-4-9-23(21,22)18-13-7-5-6-12(10-13)11-14(17)15(19)20/h5-7,10,14,18H,1-4,8-9,11,17H2,(H,19,20)/t14-/m0/s1. The summed E-state index contributed by atoms with van der Waals surface area (Å²) < 4.78 is 27.7. The highest BCUT2D eigenvalue weighted by molar-refractivity contribution is 14.1. The fourth-order valence-electron chi connectivity index (χ4n) is 2.07. The highest BCUT2D eigenvalue weighted by atomic mass is 127. The molecular formula is C15H23IN2O4S. The normalized spacial score (nSPS) is 12.8. The van der Waals surface area contributed by atoms with Crippen LogP contribution in [0.15, 0.2) is 24.3 Å². The maximum atomic E-state index is 12.0. The third kappa shape index (κ3) is 8.52. The lowest BCUT2D eigenvalue weighted by Crippen LogP contribution is -2.32. The molecule has 0 saturated carbocycles. The molecule has 1 rings (SSSR count). The zero-order chi connectivity index (χ0) is 17.3. The summed E-state index contributed by atoms with van der Waals surface area (Å²) in [5, 5.41) is 8.82. The van der Waals surface area contributed by atoms with Crippen LogP contribution in [0.3, 0.4) is 0 Å². The molecule has 1 aromatic carbocycles. The minimum Gasteiger partial charge on any atom is -0.480 e. The fourth-order valence-corrected chi connectivity index (χ4v) is 3.79. The van der Waals surface area contributed by atoms with Crippen LogP contribution < -0.4 is 10.5 Å². The zero-order valence-corrected chi connectivity index (χ0v) is 15.8. The first kappa shape index (κ1) is 20.2. The van der Waals surface area contributed by atoms with Gasteiger partial charge in [-0.25, -0.2) is 8.42 Å². The maximum absolute atomic E-state index is 12.0. The first-order valence-corrected chi connectivity index (χ1v) is 10.7. The summed E-state index contributed by atoms with van der Waals surface area (Å²) >= 11 is 2.31. The van der Waals surface area contributed by atoms with Crippen molar-refractivity contribution < 1.29 is 18.3 Å². The number of halogens is 1. The molecule has 0 heterocycles. The van der Waals surface area contributed by atoms with Gasteiger partial charge in [0.2, 0.25) is 10.0 Å². The molecule has 1 atom stereocenters. The van der Waals surface area contributed by atoms with Crippen molar-refractivity contribution in [3.05, 3.63) is 29.8 Å². The number of rotatable bonds is 11. The average molecular weight is 454 g/mol. The maximum Gasteiger partial charge on any atom is 0.320 e. The molecular weight excluding hydrogens is 431 g/mol. The predicted molar refractivity (Wildman–Crippen MR) is 101 cm³/mol. The molecule has 8 heteroatoms. The minimum atomic E-state index is -3.38. The van der Waals surface area contributed by atoms with Crippen LogP contribution in [0.4, 0.5) is 5.69 Å². The quantitative estimate of drug-likeness (QED) is 0.270. The van der Waals surface area contributed by atoms with E-state index in [0.717, 1.165) is 23.7 Å². The Labute approximate surface area is 151 Å². The van der Waals surface area contributed by atoms with Gasteiger partial charge in [0.1, 0.15) is 6.04 Å². The second-order valence-corrected chi connectivity index (χ2v) is 8.29. The Hall–Kier alpha value is -0.870. The van der Waals surface area contributed by atoms with E-state index >= 15 is 0 Å². The molecule has 130 valence electrons. The summed E-state index contributed by atoms with van der Waals surface area (Å²) in [6.07, 6.45) is 3.84. The number of hydrogen-bond acceptors (Lipinski definition) is 4. The molecule has 0 aliphatic rings. The SMILES string of the molecule is N[C@@H](Cc1cccc(NS(=O)(=O)CCCCCCI)c1)C(=O)O. The monoisotopic (exact) mass is 454 g/mol. The molecule has 0 aromatic heterocycles. The van der Waals surface area contributed by atoms with E-state index in [2.05, 4.69) is 27.3 Å². The van der Waals surface area contributed by atoms with Gasteiger partial charge in [-0.05, 0) is 41.4 Å². The van der Waals surface area contributed by atoms with E-state index in [1.165, 1.54) is 0 Å². The average Bonchev–Trinajstić information content (AvgIpc) is 2.46. The number of aliphatic carboxylic acids is 1. The van der Waals surface area contributed by atoms with Gasteiger partial charge in [0.15, 0.2) is 0 Å². The smallest absolute Gasteiger partial charge is 0.320 e. The van der Waals surface area contributed by atoms with Crippen molar-refractivity contribution in [2.24, 2.45) is 5.73 Å². The van der Waals surface area contributed by atoms with Crippen LogP contribution in [0.2, 0.25) is 0 Å². The first-order valence-electron chi connectivity index (χ1n) is 7.48. The zero-order valence-electron chi connectivity index (χ0n) is 12.9. The predicted octanol–water partition coefficient (Wildman–Crippen LogP) is 2.38. The number of nitrogens with two attached hydrogens (primary N) is 1. The van der Waals surface area contributed by atoms with Gasteiger partial charge in [-0.15, -0.1) is 0 Å². The molecule has 6 nitrogen and oxygen atoms in total. The summed E-state index contributed by atoms with van der Waals surface area (Å²) in [6.45, 7) is 0. The van der Waals surface area contributed by atoms with Crippen molar-refractivity contribution in [1.82, 2.24) is 0 Å². The largest absolute Gasteiger partial charge is 0.480 e. The van der Waals surface area contributed by atoms with Gasteiger partial charge < -0.3 is 10.8 Å². The van der Waals surface area contributed by atoms with Crippen LogP contribution in [-0.4, -0.2) is 35.7 Å². The van der Waals surface area contributed by atoms with Gasteiger partial charge in [-0.3, -0.25) is 9.52 Å². The lowest BCUT2D eigenvalue weighted by molar-refractivity contribution is -0.138. The number of carboxylic acids is 1. The van der Waals surface area contributed by atoms with E-state index in [9.17, 15) is 13.2 Å². The lowest BCUT2D eigenvalue weighted by atomic mass is 10.1. The van der Waals surface area contributed by atoms with Crippen molar-refractivity contribution in [1.29, 1.82) is 0 Å². The molecule has 0 unspecified atom stereocenters. The Morgan fingerprint density at radius 2 is 1.96 bits per heavy atom. The molecule has 23 heavy (non-hydrogen) atoms. The Morgan fingerprint density at radius 3 is 2.61 bits per heavy atom. The fraction of sp³-hybridized carbons (Fsp3) is 0.533. The van der Waals surface area contributed by atoms with E-state index in [4.69, 9.17) is 10.8 Å². The van der Waals surface area contributed by atoms with Gasteiger partial charge in [0.05, 0.1) is 5.75 Å². The van der Waals surface area contributed by atoms with E-state index in [1.807, 2.05) is 0 Å². The third-order valence-corrected chi connectivity index (χ3v) is 5.41. The van der Waals surface area contributed by atoms with Crippen molar-refractivity contribution in [3.8, 4) is 0 Å². The number of hydrogen-bond donors (Lipinski definition) is 3. The summed E-state index contributed by atoms with van der Waals surface area (Å²) in [5.41, 5.74) is 6.61. The van der Waals surface area contributed by atoms with Gasteiger partial charge in [0.25, 0.3) is 0 Å². The Bertz CT molecular complexity index is 607. The molecule has 0 bridgehead atoms. The van der Waals surface area contributed by atoms with Gasteiger partial charge in [0, 0.05) is 5.69 Å². The van der Waals surface area contributed by atoms with Crippen LogP contribution in [0.25, 0.3) is 0 Å². The highest BCUT2D eigenvalue weighted by Gasteiger charge is 2.14. The second kappa shape index (κ2) is 10.1. The van der Waals surface area contributed by atoms with E-state index in [1.54, 1.807) is 24.3 Å². The van der Waals surface area contributed by atoms with Crippen molar-refractivity contribution in [2.45, 2.75) is 38.1 Å². The summed E-state index contributed by atoms with van der Waals surface area (Å²) in [5.74, 6) is -0.991. The Balaban J connectivity index is 2.57. The first-order chi connectivity index (χ1) is 10.8. The van der Waals surface area contributed by atoms with Crippen molar-refractivity contribution in [2.75, 3.05) is 14.9 Å². The molecule has 0 spiro atoms. The summed E-state index contributed by atoms with van der Waals surface area (Å²) in [7, 11) is -3.38. The number of carboxylic acid groups (broad SMARTS) is 1. The molecule has 0 aliphatic carbocycles. The van der Waals surface area contributed by atoms with Crippen LogP contribution >= 0.6 is 22.6 Å². The molecule has 0 amide bonds. The third-order valence-electron chi connectivity index (χ3n) is 3.27. The number of alkyl halides is 1. The number of sulfonamides is 1. The van der Waals surface area contributed by atoms with E-state index in [-0.39, 0.29) is 12.2 Å². The molecule has 1 aromatic rings. The number of unbranched alkanes of at least 4 members (excludes halogenated alkanes) is 3. The van der Waals surface area contributed by atoms with Gasteiger partial charge in [-0.2, -0.15) is 0 Å². The minimum absolute atomic E-state index is 0.0904. The number of anilines is 1. The molecule has 0 radical (unpaired) electrons. The van der Waals surface area contributed by atoms with Crippen LogP contribution in [0.1, 0.15) is 31.2 Å². The molecule has 0 saturated heterocycles. The second-order valence-electron chi connectivity index (χ2n) is 5.37. The molecule has 0 fully saturated rings.